The molecule has 0 aromatic rings. The first kappa shape index (κ1) is 24.3. The second-order valence-corrected chi connectivity index (χ2v) is 14.0. The Bertz CT molecular complexity index is 369. The van der Waals surface area contributed by atoms with Crippen LogP contribution in [-0.2, 0) is 19.0 Å². The molecular formula is C20H40O4Si. The van der Waals surface area contributed by atoms with Gasteiger partial charge >= 0.3 is 5.97 Å². The van der Waals surface area contributed by atoms with E-state index >= 15 is 0 Å². The maximum Gasteiger partial charge on any atom is 0.333 e. The molecule has 0 saturated heterocycles. The van der Waals surface area contributed by atoms with E-state index in [2.05, 4.69) is 48.1 Å². The maximum absolute atomic E-state index is 11.2. The minimum Gasteiger partial charge on any atom is -0.460 e. The summed E-state index contributed by atoms with van der Waals surface area (Å²) in [5.41, 5.74) is 2.82. The highest BCUT2D eigenvalue weighted by Gasteiger charge is 2.41. The summed E-state index contributed by atoms with van der Waals surface area (Å²) in [6.45, 7) is 22.2. The van der Waals surface area contributed by atoms with Crippen LogP contribution < -0.4 is 0 Å². The Labute approximate surface area is 156 Å². The van der Waals surface area contributed by atoms with Crippen LogP contribution in [0, 0.1) is 0 Å². The monoisotopic (exact) mass is 372 g/mol. The van der Waals surface area contributed by atoms with E-state index in [1.807, 2.05) is 0 Å². The summed E-state index contributed by atoms with van der Waals surface area (Å²) in [6, 6.07) is 1.33. The van der Waals surface area contributed by atoms with E-state index in [0.29, 0.717) is 25.4 Å². The second-order valence-electron chi connectivity index (χ2n) is 7.82. The third-order valence-electron chi connectivity index (χ3n) is 5.30. The largest absolute Gasteiger partial charge is 0.460 e. The second kappa shape index (κ2) is 12.7. The minimum absolute atomic E-state index is 0.261. The number of hydrogen-bond donors (Lipinski definition) is 0. The third-order valence-corrected chi connectivity index (χ3v) is 13.0. The number of rotatable bonds is 14. The van der Waals surface area contributed by atoms with E-state index < -0.39 is 8.07 Å². The van der Waals surface area contributed by atoms with E-state index in [4.69, 9.17) is 14.2 Å². The van der Waals surface area contributed by atoms with Gasteiger partial charge in [0.25, 0.3) is 0 Å². The van der Waals surface area contributed by atoms with Gasteiger partial charge in [0.15, 0.2) is 0 Å². The van der Waals surface area contributed by atoms with Gasteiger partial charge in [0.05, 0.1) is 27.9 Å². The fourth-order valence-electron chi connectivity index (χ4n) is 3.98. The lowest BCUT2D eigenvalue weighted by atomic mass is 10.4. The molecule has 0 aliphatic carbocycles. The molecule has 0 aliphatic rings. The molecule has 0 aromatic heterocycles. The van der Waals surface area contributed by atoms with Crippen LogP contribution in [0.1, 0.15) is 54.9 Å². The van der Waals surface area contributed by atoms with Gasteiger partial charge in [-0.1, -0.05) is 70.8 Å². The molecule has 0 unspecified atom stereocenters. The number of ether oxygens (including phenoxy) is 3. The third kappa shape index (κ3) is 8.52. The number of hydrogen-bond acceptors (Lipinski definition) is 4. The summed E-state index contributed by atoms with van der Waals surface area (Å²) in [5, 5.41) is 0. The molecule has 0 rings (SSSR count). The van der Waals surface area contributed by atoms with Gasteiger partial charge in [0.1, 0.15) is 6.61 Å². The molecule has 0 aromatic carbocycles. The normalized spacial score (nSPS) is 12.2. The van der Waals surface area contributed by atoms with Crippen molar-refractivity contribution in [2.45, 2.75) is 77.6 Å². The molecular weight excluding hydrogens is 332 g/mol. The van der Waals surface area contributed by atoms with Crippen molar-refractivity contribution in [1.82, 2.24) is 0 Å². The van der Waals surface area contributed by atoms with Gasteiger partial charge in [0.2, 0.25) is 0 Å². The first-order chi connectivity index (χ1) is 11.7. The zero-order valence-electron chi connectivity index (χ0n) is 17.5. The Hall–Kier alpha value is -0.653. The molecule has 0 aliphatic heterocycles. The fraction of sp³-hybridized carbons (Fsp3) is 0.850. The number of esters is 1. The Morgan fingerprint density at radius 2 is 1.28 bits per heavy atom. The van der Waals surface area contributed by atoms with Crippen molar-refractivity contribution in [2.75, 3.05) is 33.0 Å². The summed E-state index contributed by atoms with van der Waals surface area (Å²) in [6.07, 6.45) is 1.14. The van der Waals surface area contributed by atoms with Crippen LogP contribution in [0.5, 0.6) is 0 Å². The predicted octanol–water partition coefficient (Wildman–Crippen LogP) is 5.21. The van der Waals surface area contributed by atoms with Gasteiger partial charge in [-0.2, -0.15) is 0 Å². The van der Waals surface area contributed by atoms with Gasteiger partial charge in [-0.25, -0.2) is 4.79 Å². The summed E-state index contributed by atoms with van der Waals surface area (Å²) in [7, 11) is -1.30. The van der Waals surface area contributed by atoms with E-state index in [1.54, 1.807) is 6.92 Å². The molecule has 0 bridgehead atoms. The lowest BCUT2D eigenvalue weighted by Crippen LogP contribution is -2.44. The summed E-state index contributed by atoms with van der Waals surface area (Å²) in [4.78, 5) is 11.2. The van der Waals surface area contributed by atoms with Gasteiger partial charge in [-0.15, -0.1) is 0 Å². The van der Waals surface area contributed by atoms with Crippen molar-refractivity contribution >= 4 is 14.0 Å². The lowest BCUT2D eigenvalue weighted by molar-refractivity contribution is -0.140. The van der Waals surface area contributed by atoms with Crippen molar-refractivity contribution in [3.63, 3.8) is 0 Å². The standard InChI is InChI=1S/C20H40O4Si/c1-16(2)20(21)24-14-13-23-12-11-22-10-9-15-25(17(3)4,18(5)6)19(7)8/h17-19H,1,9-15H2,2-8H3. The van der Waals surface area contributed by atoms with Crippen LogP contribution in [0.25, 0.3) is 0 Å². The Morgan fingerprint density at radius 1 is 0.840 bits per heavy atom. The Balaban J connectivity index is 3.84. The lowest BCUT2D eigenvalue weighted by Gasteiger charge is -2.43. The molecule has 4 nitrogen and oxygen atoms in total. The van der Waals surface area contributed by atoms with Crippen LogP contribution in [0.2, 0.25) is 22.7 Å². The maximum atomic E-state index is 11.2. The highest BCUT2D eigenvalue weighted by atomic mass is 28.3. The van der Waals surface area contributed by atoms with Crippen molar-refractivity contribution in [3.8, 4) is 0 Å². The van der Waals surface area contributed by atoms with Crippen LogP contribution in [0.3, 0.4) is 0 Å². The van der Waals surface area contributed by atoms with Crippen molar-refractivity contribution in [1.29, 1.82) is 0 Å². The summed E-state index contributed by atoms with van der Waals surface area (Å²) >= 11 is 0. The van der Waals surface area contributed by atoms with Gasteiger partial charge in [-0.3, -0.25) is 0 Å². The smallest absolute Gasteiger partial charge is 0.333 e. The topological polar surface area (TPSA) is 44.8 Å². The average Bonchev–Trinajstić information content (AvgIpc) is 2.51. The van der Waals surface area contributed by atoms with Gasteiger partial charge in [0, 0.05) is 12.2 Å². The molecule has 25 heavy (non-hydrogen) atoms. The molecule has 148 valence electrons. The van der Waals surface area contributed by atoms with E-state index in [0.717, 1.165) is 29.7 Å². The molecule has 0 atom stereocenters. The van der Waals surface area contributed by atoms with Gasteiger partial charge < -0.3 is 14.2 Å². The van der Waals surface area contributed by atoms with Crippen LogP contribution in [0.4, 0.5) is 0 Å². The zero-order chi connectivity index (χ0) is 19.5. The van der Waals surface area contributed by atoms with E-state index in [-0.39, 0.29) is 12.6 Å². The molecule has 0 radical (unpaired) electrons. The van der Waals surface area contributed by atoms with Crippen molar-refractivity contribution < 1.29 is 19.0 Å². The SMILES string of the molecule is C=C(C)C(=O)OCCOCCOCCC[Si](C(C)C)(C(C)C)C(C)C. The molecule has 0 heterocycles. The molecule has 0 spiro atoms. The van der Waals surface area contributed by atoms with E-state index in [9.17, 15) is 4.79 Å². The van der Waals surface area contributed by atoms with Crippen LogP contribution in [-0.4, -0.2) is 47.1 Å². The molecule has 0 amide bonds. The van der Waals surface area contributed by atoms with Crippen molar-refractivity contribution in [3.05, 3.63) is 12.2 Å². The first-order valence-electron chi connectivity index (χ1n) is 9.64. The molecule has 0 saturated carbocycles. The van der Waals surface area contributed by atoms with Gasteiger partial charge in [-0.05, 0) is 13.3 Å². The Morgan fingerprint density at radius 3 is 1.72 bits per heavy atom. The predicted molar refractivity (Wildman–Crippen MR) is 108 cm³/mol. The number of carbonyl (C=O) groups excluding carboxylic acids is 1. The first-order valence-corrected chi connectivity index (χ1v) is 12.1. The van der Waals surface area contributed by atoms with Crippen LogP contribution in [0.15, 0.2) is 12.2 Å². The van der Waals surface area contributed by atoms with Crippen LogP contribution >= 0.6 is 0 Å². The summed E-state index contributed by atoms with van der Waals surface area (Å²) < 4.78 is 16.1. The fourth-order valence-corrected chi connectivity index (χ4v) is 10.5. The number of carbonyl (C=O) groups is 1. The molecule has 0 N–H and O–H groups in total. The highest BCUT2D eigenvalue weighted by molar-refractivity contribution is 6.83. The Kier molecular flexibility index (Phi) is 12.3. The molecule has 0 fully saturated rings. The van der Waals surface area contributed by atoms with E-state index in [1.165, 1.54) is 6.04 Å². The van der Waals surface area contributed by atoms with Crippen molar-refractivity contribution in [2.24, 2.45) is 0 Å². The quantitative estimate of drug-likeness (QED) is 0.182. The highest BCUT2D eigenvalue weighted by Crippen LogP contribution is 2.45. The average molecular weight is 373 g/mol. The minimum atomic E-state index is -1.30. The molecule has 5 heteroatoms. The zero-order valence-corrected chi connectivity index (χ0v) is 18.5. The summed E-state index contributed by atoms with van der Waals surface area (Å²) in [5.74, 6) is -0.368.